The van der Waals surface area contributed by atoms with Gasteiger partial charge in [0.2, 0.25) is 0 Å². The molecule has 4 N–H and O–H groups in total. The first kappa shape index (κ1) is 16.0. The van der Waals surface area contributed by atoms with Crippen LogP contribution in [0.3, 0.4) is 0 Å². The summed E-state index contributed by atoms with van der Waals surface area (Å²) in [6, 6.07) is 5.40. The number of hydrogen-bond acceptors (Lipinski definition) is 6. The lowest BCUT2D eigenvalue weighted by molar-refractivity contribution is 0.390. The monoisotopic (exact) mass is 355 g/mol. The molecule has 1 atom stereocenters. The zero-order valence-corrected chi connectivity index (χ0v) is 14.4. The topological polar surface area (TPSA) is 125 Å². The van der Waals surface area contributed by atoms with Gasteiger partial charge in [-0.3, -0.25) is 19.9 Å². The first-order valence-corrected chi connectivity index (χ1v) is 7.93. The van der Waals surface area contributed by atoms with Crippen molar-refractivity contribution in [2.45, 2.75) is 12.8 Å². The van der Waals surface area contributed by atoms with E-state index in [1.165, 1.54) is 0 Å². The van der Waals surface area contributed by atoms with E-state index in [1.54, 1.807) is 26.4 Å². The van der Waals surface area contributed by atoms with E-state index in [1.807, 2.05) is 13.0 Å². The largest absolute Gasteiger partial charge is 0.497 e. The van der Waals surface area contributed by atoms with Crippen molar-refractivity contribution in [3.05, 3.63) is 61.4 Å². The second-order valence-corrected chi connectivity index (χ2v) is 5.97. The van der Waals surface area contributed by atoms with Gasteiger partial charge >= 0.3 is 5.69 Å². The number of anilines is 2. The number of fused-ring (bicyclic) bond motifs is 2. The summed E-state index contributed by atoms with van der Waals surface area (Å²) < 4.78 is 10.8. The third-order valence-electron chi connectivity index (χ3n) is 4.55. The molecule has 0 radical (unpaired) electrons. The number of aromatic amines is 3. The molecule has 0 unspecified atom stereocenters. The van der Waals surface area contributed by atoms with Crippen LogP contribution in [0.2, 0.25) is 0 Å². The van der Waals surface area contributed by atoms with Crippen molar-refractivity contribution in [3.8, 4) is 11.5 Å². The molecule has 2 aromatic heterocycles. The van der Waals surface area contributed by atoms with E-state index in [2.05, 4.69) is 25.5 Å². The van der Waals surface area contributed by atoms with E-state index in [0.29, 0.717) is 28.7 Å². The van der Waals surface area contributed by atoms with Crippen LogP contribution in [-0.2, 0) is 0 Å². The van der Waals surface area contributed by atoms with Crippen molar-refractivity contribution in [3.63, 3.8) is 0 Å². The Morgan fingerprint density at radius 2 is 1.88 bits per heavy atom. The number of benzene rings is 1. The van der Waals surface area contributed by atoms with Gasteiger partial charge in [0.15, 0.2) is 5.82 Å². The quantitative estimate of drug-likeness (QED) is 0.440. The summed E-state index contributed by atoms with van der Waals surface area (Å²) in [6.45, 7) is 1.88. The van der Waals surface area contributed by atoms with Gasteiger partial charge in [-0.1, -0.05) is 6.07 Å². The summed E-state index contributed by atoms with van der Waals surface area (Å²) in [5.41, 5.74) is 1.73. The molecule has 0 amide bonds. The normalized spacial score (nSPS) is 15.0. The Labute approximate surface area is 147 Å². The van der Waals surface area contributed by atoms with Crippen molar-refractivity contribution >= 4 is 11.6 Å². The lowest BCUT2D eigenvalue weighted by Gasteiger charge is -2.27. The van der Waals surface area contributed by atoms with Gasteiger partial charge in [0.25, 0.3) is 5.56 Å². The first-order valence-electron chi connectivity index (χ1n) is 7.93. The lowest BCUT2D eigenvalue weighted by Crippen LogP contribution is -2.32. The molecule has 1 aliphatic heterocycles. The van der Waals surface area contributed by atoms with Gasteiger partial charge in [0.05, 0.1) is 25.7 Å². The highest BCUT2D eigenvalue weighted by Crippen LogP contribution is 2.45. The highest BCUT2D eigenvalue weighted by atomic mass is 16.5. The Morgan fingerprint density at radius 3 is 2.62 bits per heavy atom. The summed E-state index contributed by atoms with van der Waals surface area (Å²) in [7, 11) is 3.13. The van der Waals surface area contributed by atoms with Crippen LogP contribution in [-0.4, -0.2) is 34.4 Å². The number of nitrogens with zero attached hydrogens (tertiary/aromatic N) is 1. The van der Waals surface area contributed by atoms with Gasteiger partial charge in [0.1, 0.15) is 17.3 Å². The van der Waals surface area contributed by atoms with Crippen molar-refractivity contribution in [2.75, 3.05) is 19.5 Å². The van der Waals surface area contributed by atoms with Crippen molar-refractivity contribution < 1.29 is 9.47 Å². The van der Waals surface area contributed by atoms with Crippen LogP contribution in [0.1, 0.15) is 28.3 Å². The molecule has 0 spiro atoms. The number of hydrogen-bond donors (Lipinski definition) is 4. The second kappa shape index (κ2) is 5.80. The molecule has 26 heavy (non-hydrogen) atoms. The smallest absolute Gasteiger partial charge is 0.327 e. The minimum Gasteiger partial charge on any atom is -0.497 e. The molecule has 9 heteroatoms. The molecule has 1 aromatic carbocycles. The predicted octanol–water partition coefficient (Wildman–Crippen LogP) is 1.35. The number of aryl methyl sites for hydroxylation is 1. The van der Waals surface area contributed by atoms with E-state index in [-0.39, 0.29) is 0 Å². The SMILES string of the molecule is COc1ccc([C@@H]2c3c(n[nH]c3C)Nc3[nH]c(=O)[nH]c(=O)c32)c(OC)c1. The minimum absolute atomic E-state index is 0.320. The van der Waals surface area contributed by atoms with Crippen molar-refractivity contribution in [1.82, 2.24) is 20.2 Å². The highest BCUT2D eigenvalue weighted by molar-refractivity contribution is 5.72. The standard InChI is InChI=1S/C17H17N5O4/c1-7-11-12(9-5-4-8(25-2)6-10(9)26-3)13-14(18-15(11)22-21-7)19-17(24)20-16(13)23/h4-6,12H,1-3H3,(H4,18,19,20,21,22,23,24)/t12-/m1/s1. The van der Waals surface area contributed by atoms with Gasteiger partial charge in [-0.05, 0) is 13.0 Å². The molecule has 0 bridgehead atoms. The summed E-state index contributed by atoms with van der Waals surface area (Å²) in [5.74, 6) is 1.61. The van der Waals surface area contributed by atoms with E-state index in [9.17, 15) is 9.59 Å². The van der Waals surface area contributed by atoms with Crippen LogP contribution in [0, 0.1) is 6.92 Å². The fourth-order valence-corrected chi connectivity index (χ4v) is 3.39. The van der Waals surface area contributed by atoms with Gasteiger partial charge < -0.3 is 14.8 Å². The number of aromatic nitrogens is 4. The van der Waals surface area contributed by atoms with Gasteiger partial charge in [-0.15, -0.1) is 0 Å². The van der Waals surface area contributed by atoms with E-state index in [0.717, 1.165) is 16.8 Å². The molecule has 0 aliphatic carbocycles. The molecule has 0 saturated heterocycles. The molecule has 134 valence electrons. The molecular weight excluding hydrogens is 338 g/mol. The molecular formula is C17H17N5O4. The maximum Gasteiger partial charge on any atom is 0.327 e. The maximum absolute atomic E-state index is 12.6. The van der Waals surface area contributed by atoms with Crippen LogP contribution in [0.4, 0.5) is 11.6 Å². The molecule has 1 aliphatic rings. The fourth-order valence-electron chi connectivity index (χ4n) is 3.39. The van der Waals surface area contributed by atoms with Crippen LogP contribution in [0.15, 0.2) is 27.8 Å². The number of H-pyrrole nitrogens is 3. The van der Waals surface area contributed by atoms with Gasteiger partial charge in [-0.25, -0.2) is 4.79 Å². The van der Waals surface area contributed by atoms with Crippen LogP contribution < -0.4 is 26.0 Å². The third-order valence-corrected chi connectivity index (χ3v) is 4.55. The Balaban J connectivity index is 2.04. The first-order chi connectivity index (χ1) is 12.5. The lowest BCUT2D eigenvalue weighted by atomic mass is 9.83. The second-order valence-electron chi connectivity index (χ2n) is 5.97. The summed E-state index contributed by atoms with van der Waals surface area (Å²) in [5, 5.41) is 10.2. The Kier molecular flexibility index (Phi) is 3.57. The number of nitrogens with one attached hydrogen (secondary N) is 4. The maximum atomic E-state index is 12.6. The van der Waals surface area contributed by atoms with Gasteiger partial charge in [-0.2, -0.15) is 5.10 Å². The molecule has 4 rings (SSSR count). The van der Waals surface area contributed by atoms with E-state index in [4.69, 9.17) is 9.47 Å². The summed E-state index contributed by atoms with van der Waals surface area (Å²) >= 11 is 0. The molecule has 9 nitrogen and oxygen atoms in total. The van der Waals surface area contributed by atoms with Crippen LogP contribution in [0.25, 0.3) is 0 Å². The summed E-state index contributed by atoms with van der Waals surface area (Å²) in [4.78, 5) is 29.3. The molecule has 3 aromatic rings. The molecule has 0 saturated carbocycles. The number of rotatable bonds is 3. The highest BCUT2D eigenvalue weighted by Gasteiger charge is 2.35. The Morgan fingerprint density at radius 1 is 1.08 bits per heavy atom. The average molecular weight is 355 g/mol. The van der Waals surface area contributed by atoms with Gasteiger partial charge in [0, 0.05) is 22.9 Å². The number of ether oxygens (including phenoxy) is 2. The minimum atomic E-state index is -0.586. The van der Waals surface area contributed by atoms with Crippen molar-refractivity contribution in [1.29, 1.82) is 0 Å². The van der Waals surface area contributed by atoms with E-state index >= 15 is 0 Å². The third kappa shape index (κ3) is 2.28. The Hall–Kier alpha value is -3.49. The molecule has 0 fully saturated rings. The number of methoxy groups -OCH3 is 2. The predicted molar refractivity (Wildman–Crippen MR) is 94.8 cm³/mol. The van der Waals surface area contributed by atoms with Crippen molar-refractivity contribution in [2.24, 2.45) is 0 Å². The van der Waals surface area contributed by atoms with Crippen LogP contribution >= 0.6 is 0 Å². The Bertz CT molecular complexity index is 1110. The van der Waals surface area contributed by atoms with Crippen LogP contribution in [0.5, 0.6) is 11.5 Å². The zero-order chi connectivity index (χ0) is 18.4. The summed E-state index contributed by atoms with van der Waals surface area (Å²) in [6.07, 6.45) is 0. The fraction of sp³-hybridized carbons (Fsp3) is 0.235. The molecule has 3 heterocycles. The average Bonchev–Trinajstić information content (AvgIpc) is 3.00. The zero-order valence-electron chi connectivity index (χ0n) is 14.4. The van der Waals surface area contributed by atoms with E-state index < -0.39 is 17.2 Å².